The van der Waals surface area contributed by atoms with E-state index in [4.69, 9.17) is 4.74 Å². The minimum absolute atomic E-state index is 0.131. The van der Waals surface area contributed by atoms with Crippen LogP contribution in [-0.4, -0.2) is 48.5 Å². The monoisotopic (exact) mass is 428 g/mol. The van der Waals surface area contributed by atoms with Gasteiger partial charge in [0.05, 0.1) is 18.4 Å². The highest BCUT2D eigenvalue weighted by Crippen LogP contribution is 2.25. The van der Waals surface area contributed by atoms with E-state index in [1.165, 1.54) is 13.2 Å². The number of hydrogen-bond donors (Lipinski definition) is 1. The van der Waals surface area contributed by atoms with E-state index < -0.39 is 17.2 Å². The Hall–Kier alpha value is -3.33. The van der Waals surface area contributed by atoms with Crippen LogP contribution in [0, 0.1) is 17.6 Å². The fraction of sp³-hybridized carbons (Fsp3) is 0.318. The standard InChI is InChI=1S/C22H22F2N4O3/c1-13(22(30)31-2)18-12-27(10-9-25-18)20-15-5-3-4-6-16(15)21(29)28(26-20)19-8-7-14(23)11-17(19)24/h3-8,11,13,18,25H,9-10,12H2,1-2H3. The summed E-state index contributed by atoms with van der Waals surface area (Å²) in [7, 11) is 1.35. The first-order valence-electron chi connectivity index (χ1n) is 9.94. The smallest absolute Gasteiger partial charge is 0.310 e. The predicted octanol–water partition coefficient (Wildman–Crippen LogP) is 2.25. The second kappa shape index (κ2) is 8.43. The van der Waals surface area contributed by atoms with Crippen molar-refractivity contribution in [1.29, 1.82) is 0 Å². The first kappa shape index (κ1) is 20.9. The van der Waals surface area contributed by atoms with Crippen molar-refractivity contribution in [2.24, 2.45) is 5.92 Å². The molecule has 2 atom stereocenters. The molecule has 2 unspecified atom stereocenters. The average Bonchev–Trinajstić information content (AvgIpc) is 2.79. The molecule has 4 rings (SSSR count). The third-order valence-electron chi connectivity index (χ3n) is 5.60. The fourth-order valence-corrected chi connectivity index (χ4v) is 3.88. The van der Waals surface area contributed by atoms with Crippen molar-refractivity contribution >= 4 is 22.6 Å². The molecule has 1 aliphatic rings. The van der Waals surface area contributed by atoms with Crippen molar-refractivity contribution in [3.05, 3.63) is 64.5 Å². The van der Waals surface area contributed by atoms with E-state index >= 15 is 0 Å². The molecule has 1 aliphatic heterocycles. The summed E-state index contributed by atoms with van der Waals surface area (Å²) < 4.78 is 33.7. The van der Waals surface area contributed by atoms with Crippen LogP contribution in [-0.2, 0) is 9.53 Å². The molecular weight excluding hydrogens is 406 g/mol. The van der Waals surface area contributed by atoms with E-state index in [-0.39, 0.29) is 23.6 Å². The Bertz CT molecular complexity index is 1200. The number of methoxy groups -OCH3 is 1. The summed E-state index contributed by atoms with van der Waals surface area (Å²) in [5, 5.41) is 8.77. The van der Waals surface area contributed by atoms with Crippen molar-refractivity contribution in [1.82, 2.24) is 15.1 Å². The van der Waals surface area contributed by atoms with Crippen molar-refractivity contribution in [2.75, 3.05) is 31.6 Å². The van der Waals surface area contributed by atoms with Crippen LogP contribution in [0.25, 0.3) is 16.5 Å². The number of aromatic nitrogens is 2. The molecule has 0 bridgehead atoms. The topological polar surface area (TPSA) is 76.5 Å². The van der Waals surface area contributed by atoms with Gasteiger partial charge in [0.2, 0.25) is 0 Å². The maximum absolute atomic E-state index is 14.5. The first-order chi connectivity index (χ1) is 14.9. The molecule has 1 saturated heterocycles. The number of piperazine rings is 1. The number of carbonyl (C=O) groups excluding carboxylic acids is 1. The lowest BCUT2D eigenvalue weighted by molar-refractivity contribution is -0.145. The molecule has 9 heteroatoms. The second-order valence-corrected chi connectivity index (χ2v) is 7.50. The van der Waals surface area contributed by atoms with Gasteiger partial charge in [-0.2, -0.15) is 4.68 Å². The van der Waals surface area contributed by atoms with Crippen molar-refractivity contribution in [2.45, 2.75) is 13.0 Å². The number of benzene rings is 2. The van der Waals surface area contributed by atoms with E-state index in [0.29, 0.717) is 36.2 Å². The predicted molar refractivity (Wildman–Crippen MR) is 112 cm³/mol. The Kier molecular flexibility index (Phi) is 5.69. The Morgan fingerprint density at radius 1 is 1.23 bits per heavy atom. The maximum atomic E-state index is 14.5. The lowest BCUT2D eigenvalue weighted by Crippen LogP contribution is -2.55. The summed E-state index contributed by atoms with van der Waals surface area (Å²) in [5.41, 5.74) is -0.632. The first-order valence-corrected chi connectivity index (χ1v) is 9.94. The van der Waals surface area contributed by atoms with Gasteiger partial charge in [0.1, 0.15) is 11.5 Å². The van der Waals surface area contributed by atoms with Gasteiger partial charge in [-0.1, -0.05) is 25.1 Å². The lowest BCUT2D eigenvalue weighted by atomic mass is 9.99. The zero-order valence-electron chi connectivity index (χ0n) is 17.1. The van der Waals surface area contributed by atoms with Gasteiger partial charge in [-0.25, -0.2) is 8.78 Å². The minimum Gasteiger partial charge on any atom is -0.469 e. The summed E-state index contributed by atoms with van der Waals surface area (Å²) in [6.07, 6.45) is 0. The van der Waals surface area contributed by atoms with Gasteiger partial charge in [-0.05, 0) is 18.2 Å². The number of rotatable bonds is 4. The number of halogens is 2. The molecule has 0 aliphatic carbocycles. The molecule has 1 N–H and O–H groups in total. The number of carbonyl (C=O) groups is 1. The minimum atomic E-state index is -0.881. The lowest BCUT2D eigenvalue weighted by Gasteiger charge is -2.37. The quantitative estimate of drug-likeness (QED) is 0.643. The normalized spacial score (nSPS) is 17.5. The van der Waals surface area contributed by atoms with Crippen LogP contribution < -0.4 is 15.8 Å². The van der Waals surface area contributed by atoms with Crippen LogP contribution in [0.2, 0.25) is 0 Å². The number of hydrogen-bond acceptors (Lipinski definition) is 6. The van der Waals surface area contributed by atoms with Gasteiger partial charge in [0.25, 0.3) is 5.56 Å². The second-order valence-electron chi connectivity index (χ2n) is 7.50. The van der Waals surface area contributed by atoms with Crippen molar-refractivity contribution < 1.29 is 18.3 Å². The summed E-state index contributed by atoms with van der Waals surface area (Å²) in [5.74, 6) is -1.84. The van der Waals surface area contributed by atoms with E-state index in [0.717, 1.165) is 16.8 Å². The number of ether oxygens (including phenoxy) is 1. The average molecular weight is 428 g/mol. The summed E-state index contributed by atoms with van der Waals surface area (Å²) in [6.45, 7) is 3.39. The van der Waals surface area contributed by atoms with E-state index in [1.807, 2.05) is 4.90 Å². The highest BCUT2D eigenvalue weighted by Gasteiger charge is 2.31. The third kappa shape index (κ3) is 3.88. The van der Waals surface area contributed by atoms with Crippen LogP contribution in [0.4, 0.5) is 14.6 Å². The molecule has 0 saturated carbocycles. The van der Waals surface area contributed by atoms with Crippen LogP contribution >= 0.6 is 0 Å². The zero-order chi connectivity index (χ0) is 22.1. The van der Waals surface area contributed by atoms with E-state index in [9.17, 15) is 18.4 Å². The van der Waals surface area contributed by atoms with Crippen molar-refractivity contribution in [3.8, 4) is 5.69 Å². The van der Waals surface area contributed by atoms with Gasteiger partial charge in [0.15, 0.2) is 11.6 Å². The highest BCUT2D eigenvalue weighted by atomic mass is 19.1. The molecule has 162 valence electrons. The fourth-order valence-electron chi connectivity index (χ4n) is 3.88. The highest BCUT2D eigenvalue weighted by molar-refractivity contribution is 5.91. The summed E-state index contributed by atoms with van der Waals surface area (Å²) in [4.78, 5) is 27.0. The number of fused-ring (bicyclic) bond motifs is 1. The molecule has 7 nitrogen and oxygen atoms in total. The van der Waals surface area contributed by atoms with E-state index in [2.05, 4.69) is 10.4 Å². The Labute approximate surface area is 177 Å². The zero-order valence-corrected chi connectivity index (χ0v) is 17.1. The molecule has 2 aromatic carbocycles. The molecule has 31 heavy (non-hydrogen) atoms. The van der Waals surface area contributed by atoms with Crippen LogP contribution in [0.15, 0.2) is 47.3 Å². The molecular formula is C22H22F2N4O3. The summed E-state index contributed by atoms with van der Waals surface area (Å²) in [6, 6.07) is 9.76. The Morgan fingerprint density at radius 2 is 1.97 bits per heavy atom. The number of esters is 1. The maximum Gasteiger partial charge on any atom is 0.310 e. The largest absolute Gasteiger partial charge is 0.469 e. The number of nitrogens with zero attached hydrogens (tertiary/aromatic N) is 3. The molecule has 1 fully saturated rings. The van der Waals surface area contributed by atoms with Crippen LogP contribution in [0.5, 0.6) is 0 Å². The van der Waals surface area contributed by atoms with Gasteiger partial charge in [0, 0.05) is 37.1 Å². The van der Waals surface area contributed by atoms with Gasteiger partial charge in [-0.15, -0.1) is 5.10 Å². The van der Waals surface area contributed by atoms with Crippen LogP contribution in [0.1, 0.15) is 6.92 Å². The third-order valence-corrected chi connectivity index (χ3v) is 5.60. The summed E-state index contributed by atoms with van der Waals surface area (Å²) >= 11 is 0. The Balaban J connectivity index is 1.83. The molecule has 3 aromatic rings. The van der Waals surface area contributed by atoms with E-state index in [1.54, 1.807) is 31.2 Å². The SMILES string of the molecule is COC(=O)C(C)C1CN(c2nn(-c3ccc(F)cc3F)c(=O)c3ccccc23)CCN1. The Morgan fingerprint density at radius 3 is 2.68 bits per heavy atom. The van der Waals surface area contributed by atoms with Gasteiger partial charge < -0.3 is 15.0 Å². The molecule has 1 aromatic heterocycles. The van der Waals surface area contributed by atoms with Gasteiger partial charge >= 0.3 is 5.97 Å². The molecule has 2 heterocycles. The van der Waals surface area contributed by atoms with Crippen LogP contribution in [0.3, 0.4) is 0 Å². The molecule has 0 amide bonds. The molecule has 0 spiro atoms. The van der Waals surface area contributed by atoms with Crippen molar-refractivity contribution in [3.63, 3.8) is 0 Å². The van der Waals surface area contributed by atoms with Gasteiger partial charge in [-0.3, -0.25) is 9.59 Å². The number of anilines is 1. The number of nitrogens with one attached hydrogen (secondary N) is 1. The molecule has 0 radical (unpaired) electrons.